The fourth-order valence-electron chi connectivity index (χ4n) is 4.71. The van der Waals surface area contributed by atoms with Gasteiger partial charge >= 0.3 is 0 Å². The van der Waals surface area contributed by atoms with Crippen molar-refractivity contribution in [2.45, 2.75) is 37.2 Å². The van der Waals surface area contributed by atoms with Crippen LogP contribution in [0.15, 0.2) is 68.5 Å². The van der Waals surface area contributed by atoms with E-state index in [2.05, 4.69) is 39.8 Å². The van der Waals surface area contributed by atoms with Crippen LogP contribution >= 0.6 is 23.5 Å². The van der Waals surface area contributed by atoms with Crippen LogP contribution in [0.1, 0.15) is 48.4 Å². The molecule has 2 aliphatic heterocycles. The third kappa shape index (κ3) is 1.72. The summed E-state index contributed by atoms with van der Waals surface area (Å²) < 4.78 is -0.515. The molecule has 5 rings (SSSR count). The first-order chi connectivity index (χ1) is 12.3. The molecule has 1 aromatic carbocycles. The van der Waals surface area contributed by atoms with E-state index in [9.17, 15) is 9.59 Å². The fourth-order valence-corrected chi connectivity index (χ4v) is 7.76. The highest BCUT2D eigenvalue weighted by atomic mass is 32.2. The topological polar surface area (TPSA) is 34.1 Å². The van der Waals surface area contributed by atoms with Gasteiger partial charge < -0.3 is 0 Å². The summed E-state index contributed by atoms with van der Waals surface area (Å²) in [5.74, 6) is -0.0269. The van der Waals surface area contributed by atoms with Crippen LogP contribution in [0.25, 0.3) is 0 Å². The summed E-state index contributed by atoms with van der Waals surface area (Å²) in [5, 5.41) is 0. The van der Waals surface area contributed by atoms with Gasteiger partial charge in [-0.2, -0.15) is 0 Å². The van der Waals surface area contributed by atoms with Crippen molar-refractivity contribution in [2.75, 3.05) is 0 Å². The molecule has 2 aliphatic carbocycles. The van der Waals surface area contributed by atoms with E-state index in [0.717, 1.165) is 11.1 Å². The molecule has 0 radical (unpaired) electrons. The molecule has 0 saturated carbocycles. The highest BCUT2D eigenvalue weighted by molar-refractivity contribution is 8.09. The van der Waals surface area contributed by atoms with Crippen LogP contribution < -0.4 is 0 Å². The predicted octanol–water partition coefficient (Wildman–Crippen LogP) is 5.49. The zero-order valence-corrected chi connectivity index (χ0v) is 16.7. The van der Waals surface area contributed by atoms with Crippen molar-refractivity contribution in [1.82, 2.24) is 0 Å². The number of thioether (sulfide) groups is 2. The molecule has 2 unspecified atom stereocenters. The Kier molecular flexibility index (Phi) is 3.11. The number of benzene rings is 1. The molecule has 0 N–H and O–H groups in total. The van der Waals surface area contributed by atoms with Gasteiger partial charge in [0.2, 0.25) is 0 Å². The maximum absolute atomic E-state index is 13.5. The summed E-state index contributed by atoms with van der Waals surface area (Å²) >= 11 is 3.64. The molecule has 130 valence electrons. The third-order valence-corrected chi connectivity index (χ3v) is 9.10. The highest BCUT2D eigenvalue weighted by Gasteiger charge is 2.60. The van der Waals surface area contributed by atoms with E-state index in [1.54, 1.807) is 12.1 Å². The Labute approximate surface area is 161 Å². The number of hydrogen-bond donors (Lipinski definition) is 0. The average molecular weight is 379 g/mol. The van der Waals surface area contributed by atoms with E-state index in [0.29, 0.717) is 22.3 Å². The number of fused-ring (bicyclic) bond motifs is 5. The van der Waals surface area contributed by atoms with Gasteiger partial charge in [0, 0.05) is 22.3 Å². The molecule has 0 aromatic heterocycles. The average Bonchev–Trinajstić information content (AvgIpc) is 3.08. The highest BCUT2D eigenvalue weighted by Crippen LogP contribution is 2.67. The molecule has 2 atom stereocenters. The monoisotopic (exact) mass is 378 g/mol. The SMILES string of the molecule is CC1=CC2=C3C(=O)c4ccccc4C(=O)C3=C3C=C(C)SC3(C)C2(C)S1. The standard InChI is InChI=1S/C22H18O2S2/c1-11-9-15-17-18(20(24)14-8-6-5-7-13(14)19(17)23)16-10-12(2)26-22(16,4)21(15,3)25-11/h5-10H,1-4H3. The van der Waals surface area contributed by atoms with Gasteiger partial charge in [-0.25, -0.2) is 0 Å². The number of ketones is 2. The number of hydrogen-bond acceptors (Lipinski definition) is 4. The molecule has 0 bridgehead atoms. The van der Waals surface area contributed by atoms with Gasteiger partial charge in [-0.15, -0.1) is 23.5 Å². The minimum absolute atomic E-state index is 0.0134. The van der Waals surface area contributed by atoms with Crippen molar-refractivity contribution in [2.24, 2.45) is 0 Å². The largest absolute Gasteiger partial charge is 0.289 e. The van der Waals surface area contributed by atoms with Crippen molar-refractivity contribution < 1.29 is 9.59 Å². The predicted molar refractivity (Wildman–Crippen MR) is 109 cm³/mol. The summed E-state index contributed by atoms with van der Waals surface area (Å²) in [4.78, 5) is 29.3. The second-order valence-corrected chi connectivity index (χ2v) is 10.9. The van der Waals surface area contributed by atoms with Crippen molar-refractivity contribution in [3.8, 4) is 0 Å². The Balaban J connectivity index is 1.94. The lowest BCUT2D eigenvalue weighted by Gasteiger charge is -2.47. The Bertz CT molecular complexity index is 984. The van der Waals surface area contributed by atoms with Crippen LogP contribution in [0.3, 0.4) is 0 Å². The van der Waals surface area contributed by atoms with Gasteiger partial charge in [-0.3, -0.25) is 9.59 Å². The van der Waals surface area contributed by atoms with Gasteiger partial charge in [0.1, 0.15) is 0 Å². The molecule has 0 amide bonds. The minimum atomic E-state index is -0.258. The lowest BCUT2D eigenvalue weighted by atomic mass is 9.66. The van der Waals surface area contributed by atoms with Gasteiger partial charge in [0.15, 0.2) is 11.6 Å². The Morgan fingerprint density at radius 3 is 1.50 bits per heavy atom. The Hall–Kier alpha value is -1.78. The van der Waals surface area contributed by atoms with Crippen LogP contribution in [0.5, 0.6) is 0 Å². The third-order valence-electron chi connectivity index (χ3n) is 6.02. The zero-order valence-electron chi connectivity index (χ0n) is 15.1. The summed E-state index contributed by atoms with van der Waals surface area (Å²) in [6.07, 6.45) is 4.24. The number of allylic oxidation sites excluding steroid dienone is 6. The van der Waals surface area contributed by atoms with Gasteiger partial charge in [-0.1, -0.05) is 24.3 Å². The molecule has 2 heterocycles. The van der Waals surface area contributed by atoms with Crippen LogP contribution in [0.2, 0.25) is 0 Å². The first-order valence-corrected chi connectivity index (χ1v) is 10.3. The first-order valence-electron chi connectivity index (χ1n) is 8.71. The van der Waals surface area contributed by atoms with E-state index in [1.807, 2.05) is 35.7 Å². The first kappa shape index (κ1) is 16.4. The Morgan fingerprint density at radius 1 is 0.731 bits per heavy atom. The number of carbonyl (C=O) groups excluding carboxylic acids is 2. The van der Waals surface area contributed by atoms with Crippen LogP contribution in [0, 0.1) is 0 Å². The van der Waals surface area contributed by atoms with Crippen LogP contribution in [0.4, 0.5) is 0 Å². The molecule has 0 spiro atoms. The van der Waals surface area contributed by atoms with Gasteiger partial charge in [0.05, 0.1) is 9.49 Å². The van der Waals surface area contributed by atoms with Crippen molar-refractivity contribution in [3.05, 3.63) is 79.6 Å². The molecule has 0 fully saturated rings. The molecule has 26 heavy (non-hydrogen) atoms. The zero-order chi connectivity index (χ0) is 18.4. The van der Waals surface area contributed by atoms with Gasteiger partial charge in [0.25, 0.3) is 0 Å². The number of carbonyl (C=O) groups is 2. The van der Waals surface area contributed by atoms with E-state index in [-0.39, 0.29) is 21.1 Å². The molecular formula is C22H18O2S2. The number of Topliss-reactive ketones (excluding diaryl/α,β-unsaturated/α-hetero) is 2. The molecule has 2 nitrogen and oxygen atoms in total. The van der Waals surface area contributed by atoms with Crippen molar-refractivity contribution >= 4 is 35.1 Å². The van der Waals surface area contributed by atoms with E-state index in [4.69, 9.17) is 0 Å². The van der Waals surface area contributed by atoms with Crippen LogP contribution in [-0.2, 0) is 0 Å². The minimum Gasteiger partial charge on any atom is -0.289 e. The second kappa shape index (κ2) is 4.93. The number of rotatable bonds is 0. The lowest BCUT2D eigenvalue weighted by molar-refractivity contribution is 0.0969. The van der Waals surface area contributed by atoms with Crippen molar-refractivity contribution in [1.29, 1.82) is 0 Å². The summed E-state index contributed by atoms with van der Waals surface area (Å²) in [5.41, 5.74) is 4.35. The molecule has 1 aromatic rings. The summed E-state index contributed by atoms with van der Waals surface area (Å²) in [6.45, 7) is 8.63. The van der Waals surface area contributed by atoms with Crippen molar-refractivity contribution in [3.63, 3.8) is 0 Å². The lowest BCUT2D eigenvalue weighted by Crippen LogP contribution is -2.49. The smallest absolute Gasteiger partial charge is 0.194 e. The maximum Gasteiger partial charge on any atom is 0.194 e. The Morgan fingerprint density at radius 2 is 1.12 bits per heavy atom. The van der Waals surface area contributed by atoms with Crippen LogP contribution in [-0.4, -0.2) is 21.1 Å². The van der Waals surface area contributed by atoms with E-state index < -0.39 is 0 Å². The summed E-state index contributed by atoms with van der Waals surface area (Å²) in [6, 6.07) is 7.22. The second-order valence-electron chi connectivity index (χ2n) is 7.56. The maximum atomic E-state index is 13.5. The molecule has 4 heteroatoms. The summed E-state index contributed by atoms with van der Waals surface area (Å²) in [7, 11) is 0. The normalized spacial score (nSPS) is 32.2. The fraction of sp³-hybridized carbons (Fsp3) is 0.273. The van der Waals surface area contributed by atoms with Gasteiger partial charge in [-0.05, 0) is 60.8 Å². The quantitative estimate of drug-likeness (QED) is 0.598. The molecular weight excluding hydrogens is 360 g/mol. The van der Waals surface area contributed by atoms with E-state index >= 15 is 0 Å². The molecule has 4 aliphatic rings. The van der Waals surface area contributed by atoms with E-state index in [1.165, 1.54) is 9.81 Å². The molecule has 0 saturated heterocycles.